The van der Waals surface area contributed by atoms with Gasteiger partial charge in [0.1, 0.15) is 29.0 Å². The van der Waals surface area contributed by atoms with E-state index in [1.807, 2.05) is 0 Å². The van der Waals surface area contributed by atoms with Crippen molar-refractivity contribution in [3.05, 3.63) is 65.6 Å². The number of benzene rings is 1. The number of carbonyl (C=O) groups excluding carboxylic acids is 3. The van der Waals surface area contributed by atoms with Crippen LogP contribution in [0.15, 0.2) is 42.7 Å². The Morgan fingerprint density at radius 3 is 2.52 bits per heavy atom. The lowest BCUT2D eigenvalue weighted by molar-refractivity contribution is -0.145. The minimum absolute atomic E-state index is 0.00724. The summed E-state index contributed by atoms with van der Waals surface area (Å²) in [5.41, 5.74) is 0.266. The number of fused-ring (bicyclic) bond motifs is 1. The zero-order valence-electron chi connectivity index (χ0n) is 18.3. The van der Waals surface area contributed by atoms with Crippen LogP contribution in [-0.2, 0) is 20.7 Å². The lowest BCUT2D eigenvalue weighted by atomic mass is 10.0. The molecule has 1 aromatic carbocycles. The van der Waals surface area contributed by atoms with Crippen LogP contribution in [0.1, 0.15) is 36.8 Å². The summed E-state index contributed by atoms with van der Waals surface area (Å²) in [4.78, 5) is 43.8. The Kier molecular flexibility index (Phi) is 7.05. The van der Waals surface area contributed by atoms with Gasteiger partial charge in [0.2, 0.25) is 5.78 Å². The molecule has 0 saturated carbocycles. The van der Waals surface area contributed by atoms with Crippen LogP contribution in [0.3, 0.4) is 0 Å². The number of alkyl carbamates (subject to hydrolysis) is 1. The van der Waals surface area contributed by atoms with Gasteiger partial charge in [-0.3, -0.25) is 4.79 Å². The van der Waals surface area contributed by atoms with E-state index in [-0.39, 0.29) is 12.1 Å². The third-order valence-corrected chi connectivity index (χ3v) is 4.49. The van der Waals surface area contributed by atoms with Crippen molar-refractivity contribution in [2.75, 3.05) is 6.61 Å². The summed E-state index contributed by atoms with van der Waals surface area (Å²) in [6, 6.07) is 5.18. The van der Waals surface area contributed by atoms with E-state index in [1.165, 1.54) is 18.2 Å². The highest BCUT2D eigenvalue weighted by Gasteiger charge is 2.27. The third kappa shape index (κ3) is 6.58. The van der Waals surface area contributed by atoms with Crippen molar-refractivity contribution in [2.45, 2.75) is 38.8 Å². The van der Waals surface area contributed by atoms with Gasteiger partial charge in [-0.25, -0.2) is 23.4 Å². The van der Waals surface area contributed by atoms with Gasteiger partial charge in [-0.2, -0.15) is 0 Å². The topological polar surface area (TPSA) is 110 Å². The molecule has 8 nitrogen and oxygen atoms in total. The number of amides is 1. The standard InChI is InChI=1S/C23H23F2N3O5/c1-23(2,3)33-22(31)28-19(8-13-10-26-18-9-14(24)4-6-16(13)18)21(30)32-12-20(29)17-7-5-15(25)11-27-17/h4-7,9-11,19,26H,8,12H2,1-3H3,(H,28,31)/t19-/m0/s1. The predicted octanol–water partition coefficient (Wildman–Crippen LogP) is 3.70. The Morgan fingerprint density at radius 1 is 1.12 bits per heavy atom. The monoisotopic (exact) mass is 459 g/mol. The molecule has 0 fully saturated rings. The highest BCUT2D eigenvalue weighted by Crippen LogP contribution is 2.21. The molecule has 3 rings (SSSR count). The van der Waals surface area contributed by atoms with Crippen molar-refractivity contribution in [3.63, 3.8) is 0 Å². The number of esters is 1. The zero-order chi connectivity index (χ0) is 24.2. The number of ether oxygens (including phenoxy) is 2. The molecular weight excluding hydrogens is 436 g/mol. The van der Waals surface area contributed by atoms with E-state index in [9.17, 15) is 23.2 Å². The number of aromatic amines is 1. The maximum atomic E-state index is 13.5. The fourth-order valence-corrected chi connectivity index (χ4v) is 3.04. The second-order valence-electron chi connectivity index (χ2n) is 8.30. The van der Waals surface area contributed by atoms with Crippen LogP contribution in [0, 0.1) is 11.6 Å². The van der Waals surface area contributed by atoms with E-state index in [4.69, 9.17) is 9.47 Å². The van der Waals surface area contributed by atoms with E-state index in [0.717, 1.165) is 12.3 Å². The van der Waals surface area contributed by atoms with Gasteiger partial charge in [-0.15, -0.1) is 0 Å². The Balaban J connectivity index is 1.75. The van der Waals surface area contributed by atoms with Crippen LogP contribution in [0.5, 0.6) is 0 Å². The number of rotatable bonds is 7. The van der Waals surface area contributed by atoms with Crippen LogP contribution in [0.4, 0.5) is 13.6 Å². The number of nitrogens with zero attached hydrogens (tertiary/aromatic N) is 1. The van der Waals surface area contributed by atoms with Gasteiger partial charge in [0, 0.05) is 23.5 Å². The largest absolute Gasteiger partial charge is 0.456 e. The third-order valence-electron chi connectivity index (χ3n) is 4.49. The maximum absolute atomic E-state index is 13.5. The van der Waals surface area contributed by atoms with Crippen LogP contribution >= 0.6 is 0 Å². The molecule has 3 aromatic rings. The van der Waals surface area contributed by atoms with Crippen LogP contribution < -0.4 is 5.32 Å². The zero-order valence-corrected chi connectivity index (χ0v) is 18.3. The summed E-state index contributed by atoms with van der Waals surface area (Å²) in [5.74, 6) is -2.55. The first kappa shape index (κ1) is 23.8. The second kappa shape index (κ2) is 9.76. The molecule has 1 amide bonds. The second-order valence-corrected chi connectivity index (χ2v) is 8.30. The van der Waals surface area contributed by atoms with Crippen LogP contribution in [0.25, 0.3) is 10.9 Å². The van der Waals surface area contributed by atoms with Crippen molar-refractivity contribution >= 4 is 28.7 Å². The quantitative estimate of drug-likeness (QED) is 0.412. The smallest absolute Gasteiger partial charge is 0.408 e. The first-order chi connectivity index (χ1) is 15.5. The molecule has 0 aliphatic rings. The number of ketones is 1. The van der Waals surface area contributed by atoms with Crippen molar-refractivity contribution < 1.29 is 32.6 Å². The average Bonchev–Trinajstić information content (AvgIpc) is 3.12. The number of nitrogens with one attached hydrogen (secondary N) is 2. The minimum atomic E-state index is -1.20. The molecule has 174 valence electrons. The van der Waals surface area contributed by atoms with Crippen LogP contribution in [-0.4, -0.2) is 46.1 Å². The van der Waals surface area contributed by atoms with Gasteiger partial charge in [-0.05, 0) is 56.7 Å². The molecule has 0 spiro atoms. The lowest BCUT2D eigenvalue weighted by Crippen LogP contribution is -2.45. The van der Waals surface area contributed by atoms with Gasteiger partial charge in [0.15, 0.2) is 6.61 Å². The van der Waals surface area contributed by atoms with Crippen molar-refractivity contribution in [1.29, 1.82) is 0 Å². The van der Waals surface area contributed by atoms with E-state index >= 15 is 0 Å². The van der Waals surface area contributed by atoms with Gasteiger partial charge < -0.3 is 19.8 Å². The fourth-order valence-electron chi connectivity index (χ4n) is 3.04. The van der Waals surface area contributed by atoms with Gasteiger partial charge in [-0.1, -0.05) is 0 Å². The Hall–Kier alpha value is -3.82. The van der Waals surface area contributed by atoms with Crippen molar-refractivity contribution in [2.24, 2.45) is 0 Å². The molecule has 0 bridgehead atoms. The number of hydrogen-bond acceptors (Lipinski definition) is 6. The molecule has 0 radical (unpaired) electrons. The Bertz CT molecular complexity index is 1170. The SMILES string of the molecule is CC(C)(C)OC(=O)N[C@@H](Cc1c[nH]c2cc(F)ccc12)C(=O)OCC(=O)c1ccc(F)cn1. The average molecular weight is 459 g/mol. The molecule has 33 heavy (non-hydrogen) atoms. The molecule has 0 aliphatic heterocycles. The van der Waals surface area contributed by atoms with E-state index in [2.05, 4.69) is 15.3 Å². The number of H-pyrrole nitrogens is 1. The Morgan fingerprint density at radius 2 is 1.85 bits per heavy atom. The molecule has 0 saturated heterocycles. The summed E-state index contributed by atoms with van der Waals surface area (Å²) in [7, 11) is 0. The summed E-state index contributed by atoms with van der Waals surface area (Å²) >= 11 is 0. The number of halogens is 2. The summed E-state index contributed by atoms with van der Waals surface area (Å²) < 4.78 is 36.8. The normalized spacial score (nSPS) is 12.3. The molecule has 2 heterocycles. The van der Waals surface area contributed by atoms with E-state index < -0.39 is 47.7 Å². The molecule has 10 heteroatoms. The van der Waals surface area contributed by atoms with E-state index in [1.54, 1.807) is 33.0 Å². The molecule has 2 aromatic heterocycles. The molecule has 2 N–H and O–H groups in total. The highest BCUT2D eigenvalue weighted by molar-refractivity contribution is 5.96. The van der Waals surface area contributed by atoms with Gasteiger partial charge in [0.05, 0.1) is 6.20 Å². The summed E-state index contributed by atoms with van der Waals surface area (Å²) in [6.07, 6.45) is 1.62. The first-order valence-electron chi connectivity index (χ1n) is 10.1. The van der Waals surface area contributed by atoms with Gasteiger partial charge >= 0.3 is 12.1 Å². The highest BCUT2D eigenvalue weighted by atomic mass is 19.1. The lowest BCUT2D eigenvalue weighted by Gasteiger charge is -2.23. The van der Waals surface area contributed by atoms with Crippen molar-refractivity contribution in [3.8, 4) is 0 Å². The summed E-state index contributed by atoms with van der Waals surface area (Å²) in [6.45, 7) is 4.36. The molecule has 0 aliphatic carbocycles. The first-order valence-corrected chi connectivity index (χ1v) is 10.1. The van der Waals surface area contributed by atoms with Gasteiger partial charge in [0.25, 0.3) is 0 Å². The van der Waals surface area contributed by atoms with Crippen LogP contribution in [0.2, 0.25) is 0 Å². The molecular formula is C23H23F2N3O5. The molecule has 0 unspecified atom stereocenters. The number of hydrogen-bond donors (Lipinski definition) is 2. The van der Waals surface area contributed by atoms with Crippen molar-refractivity contribution in [1.82, 2.24) is 15.3 Å². The fraction of sp³-hybridized carbons (Fsp3) is 0.304. The number of Topliss-reactive ketones (excluding diaryl/α,β-unsaturated/α-hetero) is 1. The van der Waals surface area contributed by atoms with E-state index in [0.29, 0.717) is 16.5 Å². The number of pyridine rings is 1. The minimum Gasteiger partial charge on any atom is -0.456 e. The number of aromatic nitrogens is 2. The maximum Gasteiger partial charge on any atom is 0.408 e. The molecule has 1 atom stereocenters. The number of carbonyl (C=O) groups is 3. The predicted molar refractivity (Wildman–Crippen MR) is 115 cm³/mol. The Labute approximate surface area is 188 Å². The summed E-state index contributed by atoms with van der Waals surface area (Å²) in [5, 5.41) is 3.12.